The van der Waals surface area contributed by atoms with Crippen LogP contribution in [-0.4, -0.2) is 5.78 Å². The van der Waals surface area contributed by atoms with Crippen molar-refractivity contribution in [2.45, 2.75) is 46.5 Å². The van der Waals surface area contributed by atoms with Crippen molar-refractivity contribution in [2.75, 3.05) is 0 Å². The van der Waals surface area contributed by atoms with Crippen molar-refractivity contribution in [3.63, 3.8) is 0 Å². The molecule has 2 saturated carbocycles. The number of hydrogen-bond donors (Lipinski definition) is 0. The maximum Gasteiger partial charge on any atom is 0.143 e. The maximum absolute atomic E-state index is 12.5. The van der Waals surface area contributed by atoms with E-state index in [-0.39, 0.29) is 10.8 Å². The third kappa shape index (κ3) is 1.32. The predicted molar refractivity (Wildman–Crippen MR) is 62.5 cm³/mol. The van der Waals surface area contributed by atoms with Crippen molar-refractivity contribution in [1.29, 1.82) is 0 Å². The van der Waals surface area contributed by atoms with Crippen LogP contribution in [0, 0.1) is 22.7 Å². The number of rotatable bonds is 2. The predicted octanol–water partition coefficient (Wildman–Crippen LogP) is 3.59. The van der Waals surface area contributed by atoms with Crippen molar-refractivity contribution in [2.24, 2.45) is 22.7 Å². The van der Waals surface area contributed by atoms with Crippen molar-refractivity contribution in [3.8, 4) is 0 Å². The molecule has 3 atom stereocenters. The van der Waals surface area contributed by atoms with Gasteiger partial charge in [-0.1, -0.05) is 26.8 Å². The summed E-state index contributed by atoms with van der Waals surface area (Å²) < 4.78 is 0. The Hall–Kier alpha value is -0.590. The van der Waals surface area contributed by atoms with Gasteiger partial charge in [-0.3, -0.25) is 4.79 Å². The van der Waals surface area contributed by atoms with Crippen LogP contribution >= 0.6 is 0 Å². The Kier molecular flexibility index (Phi) is 2.33. The monoisotopic (exact) mass is 206 g/mol. The normalized spacial score (nSPS) is 43.0. The van der Waals surface area contributed by atoms with Crippen LogP contribution in [0.25, 0.3) is 0 Å². The van der Waals surface area contributed by atoms with Gasteiger partial charge in [-0.05, 0) is 37.0 Å². The van der Waals surface area contributed by atoms with Crippen molar-refractivity contribution >= 4 is 5.78 Å². The summed E-state index contributed by atoms with van der Waals surface area (Å²) in [6, 6.07) is 0. The summed E-state index contributed by atoms with van der Waals surface area (Å²) in [4.78, 5) is 12.5. The van der Waals surface area contributed by atoms with Gasteiger partial charge in [0.25, 0.3) is 0 Å². The summed E-state index contributed by atoms with van der Waals surface area (Å²) in [6.07, 6.45) is 6.21. The molecule has 0 spiro atoms. The molecule has 0 aromatic rings. The first-order chi connectivity index (χ1) is 6.94. The van der Waals surface area contributed by atoms with Crippen LogP contribution in [-0.2, 0) is 4.79 Å². The zero-order valence-electron chi connectivity index (χ0n) is 10.2. The molecule has 0 aliphatic heterocycles. The summed E-state index contributed by atoms with van der Waals surface area (Å²) in [7, 11) is 0. The summed E-state index contributed by atoms with van der Waals surface area (Å²) in [5.74, 6) is 1.39. The molecule has 0 amide bonds. The van der Waals surface area contributed by atoms with E-state index in [9.17, 15) is 4.79 Å². The van der Waals surface area contributed by atoms with E-state index < -0.39 is 0 Å². The molecule has 2 unspecified atom stereocenters. The highest BCUT2D eigenvalue weighted by Crippen LogP contribution is 2.61. The quantitative estimate of drug-likeness (QED) is 0.631. The van der Waals surface area contributed by atoms with Crippen LogP contribution in [0.4, 0.5) is 0 Å². The number of hydrogen-bond acceptors (Lipinski definition) is 1. The number of carbonyl (C=O) groups is 1. The van der Waals surface area contributed by atoms with Crippen molar-refractivity contribution < 1.29 is 4.79 Å². The fourth-order valence-corrected chi connectivity index (χ4v) is 3.99. The fraction of sp³-hybridized carbons (Fsp3) is 0.786. The SMILES string of the molecule is C=CC[C@@]12CC(C)(C)C(CCC1C)C2=O. The van der Waals surface area contributed by atoms with E-state index in [0.29, 0.717) is 17.6 Å². The molecule has 2 rings (SSSR count). The van der Waals surface area contributed by atoms with E-state index in [0.717, 1.165) is 19.3 Å². The average molecular weight is 206 g/mol. The lowest BCUT2D eigenvalue weighted by Crippen LogP contribution is -2.38. The lowest BCUT2D eigenvalue weighted by atomic mass is 9.66. The topological polar surface area (TPSA) is 17.1 Å². The molecule has 2 aliphatic carbocycles. The highest BCUT2D eigenvalue weighted by atomic mass is 16.1. The minimum Gasteiger partial charge on any atom is -0.299 e. The van der Waals surface area contributed by atoms with Gasteiger partial charge in [0.1, 0.15) is 5.78 Å². The second-order valence-electron chi connectivity index (χ2n) is 6.21. The van der Waals surface area contributed by atoms with Crippen LogP contribution in [0.2, 0.25) is 0 Å². The summed E-state index contributed by atoms with van der Waals surface area (Å²) in [5.41, 5.74) is 0.152. The average Bonchev–Trinajstić information content (AvgIpc) is 2.24. The van der Waals surface area contributed by atoms with Crippen LogP contribution < -0.4 is 0 Å². The Balaban J connectivity index is 2.42. The van der Waals surface area contributed by atoms with E-state index in [1.165, 1.54) is 6.42 Å². The second kappa shape index (κ2) is 3.20. The molecule has 2 bridgehead atoms. The third-order valence-electron chi connectivity index (χ3n) is 4.86. The zero-order valence-corrected chi connectivity index (χ0v) is 10.2. The third-order valence-corrected chi connectivity index (χ3v) is 4.86. The maximum atomic E-state index is 12.5. The van der Waals surface area contributed by atoms with Gasteiger partial charge in [-0.25, -0.2) is 0 Å². The lowest BCUT2D eigenvalue weighted by Gasteiger charge is -2.37. The number of carbonyl (C=O) groups excluding carboxylic acids is 1. The van der Waals surface area contributed by atoms with Gasteiger partial charge in [0.15, 0.2) is 0 Å². The lowest BCUT2D eigenvalue weighted by molar-refractivity contribution is -0.135. The number of allylic oxidation sites excluding steroid dienone is 1. The highest BCUT2D eigenvalue weighted by Gasteiger charge is 2.60. The molecule has 15 heavy (non-hydrogen) atoms. The first-order valence-corrected chi connectivity index (χ1v) is 6.09. The Morgan fingerprint density at radius 2 is 2.13 bits per heavy atom. The van der Waals surface area contributed by atoms with Gasteiger partial charge >= 0.3 is 0 Å². The first-order valence-electron chi connectivity index (χ1n) is 6.09. The molecule has 0 aromatic carbocycles. The number of fused-ring (bicyclic) bond motifs is 2. The second-order valence-corrected chi connectivity index (χ2v) is 6.21. The summed E-state index contributed by atoms with van der Waals surface area (Å²) in [6.45, 7) is 10.6. The van der Waals surface area contributed by atoms with E-state index in [4.69, 9.17) is 0 Å². The van der Waals surface area contributed by atoms with Gasteiger partial charge in [-0.2, -0.15) is 0 Å². The molecule has 84 valence electrons. The highest BCUT2D eigenvalue weighted by molar-refractivity contribution is 5.91. The van der Waals surface area contributed by atoms with E-state index >= 15 is 0 Å². The molecule has 0 radical (unpaired) electrons. The van der Waals surface area contributed by atoms with Crippen molar-refractivity contribution in [3.05, 3.63) is 12.7 Å². The van der Waals surface area contributed by atoms with Crippen molar-refractivity contribution in [1.82, 2.24) is 0 Å². The molecule has 0 saturated heterocycles. The van der Waals surface area contributed by atoms with Crippen LogP contribution in [0.1, 0.15) is 46.5 Å². The van der Waals surface area contributed by atoms with Crippen LogP contribution in [0.15, 0.2) is 12.7 Å². The minimum atomic E-state index is -0.0613. The number of Topliss-reactive ketones (excluding diaryl/α,β-unsaturated/α-hetero) is 1. The zero-order chi connectivity index (χ0) is 11.3. The van der Waals surface area contributed by atoms with Crippen LogP contribution in [0.3, 0.4) is 0 Å². The first kappa shape index (κ1) is 10.9. The molecule has 2 fully saturated rings. The van der Waals surface area contributed by atoms with Gasteiger partial charge < -0.3 is 0 Å². The molecular formula is C14H22O. The molecule has 0 N–H and O–H groups in total. The van der Waals surface area contributed by atoms with Gasteiger partial charge in [0.2, 0.25) is 0 Å². The minimum absolute atomic E-state index is 0.0613. The molecule has 1 nitrogen and oxygen atoms in total. The molecular weight excluding hydrogens is 184 g/mol. The Labute approximate surface area is 92.9 Å². The Morgan fingerprint density at radius 1 is 1.47 bits per heavy atom. The van der Waals surface area contributed by atoms with Gasteiger partial charge in [0.05, 0.1) is 0 Å². The summed E-state index contributed by atoms with van der Waals surface area (Å²) in [5, 5.41) is 0. The van der Waals surface area contributed by atoms with E-state index in [2.05, 4.69) is 27.4 Å². The van der Waals surface area contributed by atoms with Crippen LogP contribution in [0.5, 0.6) is 0 Å². The van der Waals surface area contributed by atoms with E-state index in [1.807, 2.05) is 6.08 Å². The molecule has 1 heteroatoms. The standard InChI is InChI=1S/C14H22O/c1-5-8-14-9-13(3,4)11(12(14)15)7-6-10(14)2/h5,10-11H,1,6-9H2,2-4H3/t10?,11?,14-/m1/s1. The summed E-state index contributed by atoms with van der Waals surface area (Å²) >= 11 is 0. The number of ketones is 1. The molecule has 0 aromatic heterocycles. The Morgan fingerprint density at radius 3 is 2.73 bits per heavy atom. The molecule has 0 heterocycles. The smallest absolute Gasteiger partial charge is 0.143 e. The largest absolute Gasteiger partial charge is 0.299 e. The molecule has 2 aliphatic rings. The van der Waals surface area contributed by atoms with Gasteiger partial charge in [0, 0.05) is 11.3 Å². The Bertz CT molecular complexity index is 302. The van der Waals surface area contributed by atoms with Gasteiger partial charge in [-0.15, -0.1) is 6.58 Å². The fourth-order valence-electron chi connectivity index (χ4n) is 3.99. The van der Waals surface area contributed by atoms with E-state index in [1.54, 1.807) is 0 Å².